The summed E-state index contributed by atoms with van der Waals surface area (Å²) in [6.07, 6.45) is -2.15. The maximum absolute atomic E-state index is 13.1. The molecule has 1 nitrogen and oxygen atoms in total. The van der Waals surface area contributed by atoms with E-state index < -0.39 is 24.0 Å². The summed E-state index contributed by atoms with van der Waals surface area (Å²) < 4.78 is 52.1. The first-order valence-electron chi connectivity index (χ1n) is 6.16. The van der Waals surface area contributed by atoms with Gasteiger partial charge in [-0.15, -0.1) is 0 Å². The van der Waals surface area contributed by atoms with Crippen molar-refractivity contribution in [3.63, 3.8) is 0 Å². The molecular weight excluding hydrogens is 326 g/mol. The lowest BCUT2D eigenvalue weighted by Crippen LogP contribution is -2.41. The number of alkyl halides is 3. The van der Waals surface area contributed by atoms with Gasteiger partial charge in [0.1, 0.15) is 5.82 Å². The second kappa shape index (κ2) is 5.69. The first kappa shape index (κ1) is 14.6. The Hall–Kier alpha value is -0.780. The Kier molecular flexibility index (Phi) is 4.38. The van der Waals surface area contributed by atoms with Crippen LogP contribution in [-0.2, 0) is 0 Å². The Bertz CT molecular complexity index is 447. The first-order chi connectivity index (χ1) is 8.88. The molecule has 2 unspecified atom stereocenters. The molecule has 1 aromatic carbocycles. The summed E-state index contributed by atoms with van der Waals surface area (Å²) in [4.78, 5) is 0. The lowest BCUT2D eigenvalue weighted by atomic mass is 9.84. The van der Waals surface area contributed by atoms with E-state index in [0.29, 0.717) is 18.5 Å². The highest BCUT2D eigenvalue weighted by atomic mass is 79.9. The first-order valence-corrected chi connectivity index (χ1v) is 6.95. The molecule has 6 heteroatoms. The third-order valence-electron chi connectivity index (χ3n) is 3.46. The highest BCUT2D eigenvalue weighted by Crippen LogP contribution is 2.39. The van der Waals surface area contributed by atoms with Crippen LogP contribution >= 0.6 is 15.9 Å². The Labute approximate surface area is 117 Å². The highest BCUT2D eigenvalue weighted by Gasteiger charge is 2.45. The summed E-state index contributed by atoms with van der Waals surface area (Å²) >= 11 is 3.03. The molecule has 0 saturated heterocycles. The average molecular weight is 340 g/mol. The molecule has 1 saturated carbocycles. The standard InChI is InChI=1S/C13H14BrF4N/c14-10-7-8(5-6-11(10)15)19-12-4-2-1-3-9(12)13(16,17)18/h5-7,9,12,19H,1-4H2. The number of benzene rings is 1. The Morgan fingerprint density at radius 2 is 1.84 bits per heavy atom. The number of anilines is 1. The maximum Gasteiger partial charge on any atom is 0.393 e. The minimum absolute atomic E-state index is 0.156. The van der Waals surface area contributed by atoms with Crippen LogP contribution in [0.25, 0.3) is 0 Å². The molecule has 19 heavy (non-hydrogen) atoms. The van der Waals surface area contributed by atoms with E-state index in [-0.39, 0.29) is 10.9 Å². The lowest BCUT2D eigenvalue weighted by Gasteiger charge is -2.34. The number of hydrogen-bond acceptors (Lipinski definition) is 1. The second-order valence-electron chi connectivity index (χ2n) is 4.81. The van der Waals surface area contributed by atoms with E-state index in [1.165, 1.54) is 18.2 Å². The molecule has 0 spiro atoms. The van der Waals surface area contributed by atoms with Gasteiger partial charge in [-0.1, -0.05) is 12.8 Å². The van der Waals surface area contributed by atoms with Crippen LogP contribution in [0.15, 0.2) is 22.7 Å². The van der Waals surface area contributed by atoms with Gasteiger partial charge >= 0.3 is 6.18 Å². The van der Waals surface area contributed by atoms with Crippen molar-refractivity contribution in [2.24, 2.45) is 5.92 Å². The van der Waals surface area contributed by atoms with Gasteiger partial charge < -0.3 is 5.32 Å². The van der Waals surface area contributed by atoms with E-state index in [0.717, 1.165) is 6.42 Å². The van der Waals surface area contributed by atoms with Crippen LogP contribution in [0.4, 0.5) is 23.2 Å². The normalized spacial score (nSPS) is 24.3. The van der Waals surface area contributed by atoms with Crippen molar-refractivity contribution in [2.75, 3.05) is 5.32 Å². The van der Waals surface area contributed by atoms with Crippen LogP contribution in [0.2, 0.25) is 0 Å². The van der Waals surface area contributed by atoms with Crippen molar-refractivity contribution in [1.29, 1.82) is 0 Å². The molecule has 1 fully saturated rings. The molecular formula is C13H14BrF4N. The number of hydrogen-bond donors (Lipinski definition) is 1. The maximum atomic E-state index is 13.1. The molecule has 1 N–H and O–H groups in total. The number of halogens is 5. The van der Waals surface area contributed by atoms with E-state index in [2.05, 4.69) is 21.2 Å². The predicted octanol–water partition coefficient (Wildman–Crippen LogP) is 5.12. The second-order valence-corrected chi connectivity index (χ2v) is 5.67. The van der Waals surface area contributed by atoms with Crippen LogP contribution in [0.5, 0.6) is 0 Å². The van der Waals surface area contributed by atoms with Gasteiger partial charge in [0.25, 0.3) is 0 Å². The third kappa shape index (κ3) is 3.61. The summed E-state index contributed by atoms with van der Waals surface area (Å²) in [5.41, 5.74) is 0.509. The molecule has 0 heterocycles. The Morgan fingerprint density at radius 1 is 1.16 bits per heavy atom. The van der Waals surface area contributed by atoms with Crippen LogP contribution in [0, 0.1) is 11.7 Å². The van der Waals surface area contributed by atoms with E-state index in [1.54, 1.807) is 0 Å². The van der Waals surface area contributed by atoms with Crippen molar-refractivity contribution in [3.8, 4) is 0 Å². The fourth-order valence-electron chi connectivity index (χ4n) is 2.50. The van der Waals surface area contributed by atoms with Gasteiger partial charge in [-0.25, -0.2) is 4.39 Å². The van der Waals surface area contributed by atoms with Crippen molar-refractivity contribution >= 4 is 21.6 Å². The van der Waals surface area contributed by atoms with Gasteiger partial charge in [0.15, 0.2) is 0 Å². The largest absolute Gasteiger partial charge is 0.393 e. The van der Waals surface area contributed by atoms with Gasteiger partial charge in [-0.05, 0) is 47.0 Å². The van der Waals surface area contributed by atoms with E-state index >= 15 is 0 Å². The quantitative estimate of drug-likeness (QED) is 0.737. The Balaban J connectivity index is 2.13. The zero-order chi connectivity index (χ0) is 14.0. The molecule has 1 aliphatic rings. The molecule has 0 bridgehead atoms. The molecule has 2 rings (SSSR count). The predicted molar refractivity (Wildman–Crippen MR) is 69.5 cm³/mol. The van der Waals surface area contributed by atoms with Gasteiger partial charge in [0.2, 0.25) is 0 Å². The molecule has 1 aromatic rings. The van der Waals surface area contributed by atoms with E-state index in [9.17, 15) is 17.6 Å². The van der Waals surface area contributed by atoms with Gasteiger partial charge in [0, 0.05) is 11.7 Å². The summed E-state index contributed by atoms with van der Waals surface area (Å²) in [5.74, 6) is -1.76. The lowest BCUT2D eigenvalue weighted by molar-refractivity contribution is -0.184. The third-order valence-corrected chi connectivity index (χ3v) is 4.07. The molecule has 106 valence electrons. The fraction of sp³-hybridized carbons (Fsp3) is 0.538. The minimum atomic E-state index is -4.19. The van der Waals surface area contributed by atoms with E-state index in [1.807, 2.05) is 0 Å². The van der Waals surface area contributed by atoms with Gasteiger partial charge in [-0.2, -0.15) is 13.2 Å². The summed E-state index contributed by atoms with van der Waals surface area (Å²) in [5, 5.41) is 2.89. The molecule has 2 atom stereocenters. The molecule has 0 aromatic heterocycles. The number of rotatable bonds is 2. The smallest absolute Gasteiger partial charge is 0.382 e. The number of nitrogens with one attached hydrogen (secondary N) is 1. The zero-order valence-electron chi connectivity index (χ0n) is 10.1. The van der Waals surface area contributed by atoms with Crippen LogP contribution in [0.3, 0.4) is 0 Å². The average Bonchev–Trinajstić information content (AvgIpc) is 2.33. The summed E-state index contributed by atoms with van der Waals surface area (Å²) in [6.45, 7) is 0. The van der Waals surface area contributed by atoms with Gasteiger partial charge in [0.05, 0.1) is 10.4 Å². The zero-order valence-corrected chi connectivity index (χ0v) is 11.7. The van der Waals surface area contributed by atoms with Gasteiger partial charge in [-0.3, -0.25) is 0 Å². The van der Waals surface area contributed by atoms with Crippen molar-refractivity contribution < 1.29 is 17.6 Å². The topological polar surface area (TPSA) is 12.0 Å². The summed E-state index contributed by atoms with van der Waals surface area (Å²) in [7, 11) is 0. The SMILES string of the molecule is Fc1ccc(NC2CCCCC2C(F)(F)F)cc1Br. The monoisotopic (exact) mass is 339 g/mol. The fourth-order valence-corrected chi connectivity index (χ4v) is 2.87. The van der Waals surface area contributed by atoms with Crippen LogP contribution in [-0.4, -0.2) is 12.2 Å². The molecule has 0 radical (unpaired) electrons. The van der Waals surface area contributed by atoms with Crippen molar-refractivity contribution in [3.05, 3.63) is 28.5 Å². The van der Waals surface area contributed by atoms with Crippen molar-refractivity contribution in [2.45, 2.75) is 37.9 Å². The molecule has 0 amide bonds. The highest BCUT2D eigenvalue weighted by molar-refractivity contribution is 9.10. The summed E-state index contributed by atoms with van der Waals surface area (Å²) in [6, 6.07) is 3.53. The van der Waals surface area contributed by atoms with E-state index in [4.69, 9.17) is 0 Å². The van der Waals surface area contributed by atoms with Crippen molar-refractivity contribution in [1.82, 2.24) is 0 Å². The molecule has 0 aliphatic heterocycles. The van der Waals surface area contributed by atoms with Crippen LogP contribution < -0.4 is 5.32 Å². The van der Waals surface area contributed by atoms with Crippen LogP contribution in [0.1, 0.15) is 25.7 Å². The molecule has 1 aliphatic carbocycles. The minimum Gasteiger partial charge on any atom is -0.382 e. The Morgan fingerprint density at radius 3 is 2.47 bits per heavy atom.